The predicted octanol–water partition coefficient (Wildman–Crippen LogP) is 4.81. The lowest BCUT2D eigenvalue weighted by atomic mass is 9.68. The van der Waals surface area contributed by atoms with Gasteiger partial charge in [-0.15, -0.1) is 10.2 Å². The van der Waals surface area contributed by atoms with Gasteiger partial charge in [-0.1, -0.05) is 19.9 Å². The maximum absolute atomic E-state index is 14.6. The molecule has 1 aromatic carbocycles. The first-order chi connectivity index (χ1) is 22.3. The number of amides is 1. The quantitative estimate of drug-likeness (QED) is 0.342. The first-order valence-electron chi connectivity index (χ1n) is 16.9. The van der Waals surface area contributed by atoms with E-state index in [9.17, 15) is 14.0 Å². The first kappa shape index (κ1) is 29.5. The molecule has 3 aliphatic carbocycles. The van der Waals surface area contributed by atoms with Crippen LogP contribution in [-0.2, 0) is 4.79 Å². The molecule has 1 amide bonds. The highest BCUT2D eigenvalue weighted by atomic mass is 19.1. The highest BCUT2D eigenvalue weighted by Gasteiger charge is 2.53. The van der Waals surface area contributed by atoms with Crippen molar-refractivity contribution in [3.05, 3.63) is 58.9 Å². The fourth-order valence-electron chi connectivity index (χ4n) is 8.25. The Balaban J connectivity index is 0.959. The highest BCUT2D eigenvalue weighted by molar-refractivity contribution is 5.81. The van der Waals surface area contributed by atoms with E-state index in [4.69, 9.17) is 4.74 Å². The molecule has 5 aliphatic rings. The molecule has 2 saturated heterocycles. The van der Waals surface area contributed by atoms with E-state index < -0.39 is 5.82 Å². The van der Waals surface area contributed by atoms with Gasteiger partial charge in [0.25, 0.3) is 11.4 Å². The predicted molar refractivity (Wildman–Crippen MR) is 171 cm³/mol. The molecule has 2 aromatic heterocycles. The van der Waals surface area contributed by atoms with Crippen LogP contribution in [0.15, 0.2) is 47.5 Å². The summed E-state index contributed by atoms with van der Waals surface area (Å²) in [7, 11) is 0. The van der Waals surface area contributed by atoms with Gasteiger partial charge in [0.05, 0.1) is 5.69 Å². The Hall–Kier alpha value is -3.86. The number of carbonyl (C=O) groups excluding carboxylic acids is 1. The molecule has 3 saturated carbocycles. The van der Waals surface area contributed by atoms with Crippen molar-refractivity contribution >= 4 is 11.7 Å². The molecule has 5 fully saturated rings. The summed E-state index contributed by atoms with van der Waals surface area (Å²) in [5, 5.41) is 11.6. The number of nitrogens with zero attached hydrogens (tertiary/aromatic N) is 6. The van der Waals surface area contributed by atoms with Crippen molar-refractivity contribution in [3.8, 4) is 22.9 Å². The van der Waals surface area contributed by atoms with Crippen molar-refractivity contribution < 1.29 is 13.9 Å². The summed E-state index contributed by atoms with van der Waals surface area (Å²) in [6.45, 7) is 8.43. The Morgan fingerprint density at radius 3 is 2.63 bits per heavy atom. The van der Waals surface area contributed by atoms with Gasteiger partial charge in [-0.2, -0.15) is 0 Å². The molecule has 10 nitrogen and oxygen atoms in total. The van der Waals surface area contributed by atoms with Crippen LogP contribution < -0.4 is 20.5 Å². The van der Waals surface area contributed by atoms with Gasteiger partial charge in [0.2, 0.25) is 5.91 Å². The molecule has 3 aromatic rings. The Morgan fingerprint density at radius 2 is 1.89 bits per heavy atom. The van der Waals surface area contributed by atoms with Gasteiger partial charge in [0.1, 0.15) is 17.9 Å². The monoisotopic (exact) mass is 627 g/mol. The van der Waals surface area contributed by atoms with E-state index in [-0.39, 0.29) is 34.7 Å². The molecule has 11 heteroatoms. The van der Waals surface area contributed by atoms with Crippen LogP contribution in [0.4, 0.5) is 10.2 Å². The minimum atomic E-state index is -0.408. The third-order valence-electron chi connectivity index (χ3n) is 10.8. The lowest BCUT2D eigenvalue weighted by molar-refractivity contribution is -0.124. The number of likely N-dealkylation sites (tertiary alicyclic amines) is 1. The maximum atomic E-state index is 14.6. The molecule has 0 unspecified atom stereocenters. The number of ether oxygens (including phenoxy) is 1. The second-order valence-corrected chi connectivity index (χ2v) is 14.7. The third-order valence-corrected chi connectivity index (χ3v) is 10.8. The van der Waals surface area contributed by atoms with Crippen LogP contribution in [0.25, 0.3) is 11.3 Å². The van der Waals surface area contributed by atoms with Gasteiger partial charge in [-0.05, 0) is 81.0 Å². The fourth-order valence-corrected chi connectivity index (χ4v) is 8.25. The fraction of sp³-hybridized carbons (Fsp3) is 0.571. The van der Waals surface area contributed by atoms with E-state index in [2.05, 4.69) is 44.1 Å². The Kier molecular flexibility index (Phi) is 7.34. The van der Waals surface area contributed by atoms with Crippen LogP contribution in [0.1, 0.15) is 64.8 Å². The average Bonchev–Trinajstić information content (AvgIpc) is 3.94. The van der Waals surface area contributed by atoms with Gasteiger partial charge in [0.15, 0.2) is 5.82 Å². The van der Waals surface area contributed by atoms with E-state index in [1.807, 2.05) is 6.07 Å². The largest absolute Gasteiger partial charge is 0.434 e. The van der Waals surface area contributed by atoms with Crippen LogP contribution in [0, 0.1) is 29.0 Å². The van der Waals surface area contributed by atoms with Crippen molar-refractivity contribution in [2.75, 3.05) is 31.1 Å². The molecule has 1 N–H and O–H groups in total. The van der Waals surface area contributed by atoms with Crippen LogP contribution in [0.2, 0.25) is 0 Å². The molecule has 2 aliphatic heterocycles. The summed E-state index contributed by atoms with van der Waals surface area (Å²) in [4.78, 5) is 34.5. The Labute approximate surface area is 268 Å². The van der Waals surface area contributed by atoms with E-state index in [0.29, 0.717) is 46.7 Å². The zero-order chi connectivity index (χ0) is 31.6. The number of pyridine rings is 1. The van der Waals surface area contributed by atoms with Crippen molar-refractivity contribution in [3.63, 3.8) is 0 Å². The van der Waals surface area contributed by atoms with E-state index >= 15 is 0 Å². The molecule has 1 spiro atoms. The number of aromatic nitrogens is 4. The smallest absolute Gasteiger partial charge is 0.282 e. The molecule has 4 heterocycles. The molecule has 46 heavy (non-hydrogen) atoms. The molecule has 0 radical (unpaired) electrons. The van der Waals surface area contributed by atoms with Gasteiger partial charge < -0.3 is 19.5 Å². The summed E-state index contributed by atoms with van der Waals surface area (Å²) >= 11 is 0. The van der Waals surface area contributed by atoms with Gasteiger partial charge in [-0.25, -0.2) is 9.37 Å². The normalized spacial score (nSPS) is 24.5. The van der Waals surface area contributed by atoms with Gasteiger partial charge in [-0.3, -0.25) is 14.5 Å². The van der Waals surface area contributed by atoms with Crippen molar-refractivity contribution in [1.82, 2.24) is 30.0 Å². The maximum Gasteiger partial charge on any atom is 0.282 e. The number of nitrogens with one attached hydrogen (secondary N) is 1. The van der Waals surface area contributed by atoms with Crippen molar-refractivity contribution in [1.29, 1.82) is 0 Å². The summed E-state index contributed by atoms with van der Waals surface area (Å²) in [5.41, 5.74) is 1.20. The lowest BCUT2D eigenvalue weighted by Gasteiger charge is -2.57. The molecule has 242 valence electrons. The molecule has 8 rings (SSSR count). The Morgan fingerprint density at radius 1 is 1.09 bits per heavy atom. The zero-order valence-corrected chi connectivity index (χ0v) is 26.6. The van der Waals surface area contributed by atoms with Crippen molar-refractivity contribution in [2.24, 2.45) is 23.2 Å². The third kappa shape index (κ3) is 5.56. The van der Waals surface area contributed by atoms with Crippen LogP contribution in [-0.4, -0.2) is 68.8 Å². The molecular formula is C35H42FN7O3. The number of rotatable bonds is 10. The number of hydrogen-bond donors (Lipinski definition) is 1. The van der Waals surface area contributed by atoms with Gasteiger partial charge in [0, 0.05) is 67.3 Å². The number of hydrogen-bond acceptors (Lipinski definition) is 8. The number of carbonyl (C=O) groups is 1. The Bertz CT molecular complexity index is 1690. The second kappa shape index (κ2) is 11.4. The molecular weight excluding hydrogens is 585 g/mol. The van der Waals surface area contributed by atoms with Crippen LogP contribution >= 0.6 is 0 Å². The SMILES string of the molecule is CC(C)[C@H](C1CC(NC(=O)C2CC2)C1)N1CC2(CCN(c3ncnnc3Oc3ccc(F)cc3-c3cccc(=O)n3C3CC3)C2)C1. The number of benzene rings is 1. The minimum absolute atomic E-state index is 0.105. The average molecular weight is 628 g/mol. The minimum Gasteiger partial charge on any atom is -0.434 e. The highest BCUT2D eigenvalue weighted by Crippen LogP contribution is 2.48. The number of anilines is 1. The molecule has 0 bridgehead atoms. The van der Waals surface area contributed by atoms with E-state index in [1.54, 1.807) is 22.8 Å². The van der Waals surface area contributed by atoms with Gasteiger partial charge >= 0.3 is 0 Å². The summed E-state index contributed by atoms with van der Waals surface area (Å²) in [5.74, 6) is 2.60. The second-order valence-electron chi connectivity index (χ2n) is 14.7. The number of halogens is 1. The molecule has 1 atom stereocenters. The van der Waals surface area contributed by atoms with Crippen LogP contribution in [0.5, 0.6) is 11.6 Å². The van der Waals surface area contributed by atoms with Crippen LogP contribution in [0.3, 0.4) is 0 Å². The summed E-state index contributed by atoms with van der Waals surface area (Å²) in [6, 6.07) is 10.4. The summed E-state index contributed by atoms with van der Waals surface area (Å²) < 4.78 is 22.7. The lowest BCUT2D eigenvalue weighted by Crippen LogP contribution is -2.65. The first-order valence-corrected chi connectivity index (χ1v) is 16.9. The van der Waals surface area contributed by atoms with E-state index in [0.717, 1.165) is 71.1 Å². The zero-order valence-electron chi connectivity index (χ0n) is 26.6. The van der Waals surface area contributed by atoms with Crippen molar-refractivity contribution in [2.45, 2.75) is 76.9 Å². The van der Waals surface area contributed by atoms with E-state index in [1.165, 1.54) is 18.5 Å². The topological polar surface area (TPSA) is 105 Å². The summed E-state index contributed by atoms with van der Waals surface area (Å²) in [6.07, 6.45) is 8.60. The standard InChI is InChI=1S/C35H42FN7O3/c1-21(2)31(23-14-25(15-23)39-33(45)22-6-7-22)42-18-35(19-42)12-13-41(17-35)32-34(40-38-20-37-32)46-29-11-8-24(36)16-27(29)28-4-3-5-30(44)43(28)26-9-10-26/h3-5,8,11,16,20-23,25-26,31H,6-7,9-10,12-15,17-19H2,1-2H3,(H,39,45)/t23?,25?,31-/m1/s1.